The molecule has 5 rings (SSSR count). The third-order valence-electron chi connectivity index (χ3n) is 13.4. The van der Waals surface area contributed by atoms with Crippen LogP contribution in [0.4, 0.5) is 15.3 Å². The number of nitrogens with one attached hydrogen (secondary N) is 3. The van der Waals surface area contributed by atoms with Crippen LogP contribution in [0.3, 0.4) is 0 Å². The number of ether oxygens (including phenoxy) is 1. The fraction of sp³-hybridized carbons (Fsp3) is 0.469. The first kappa shape index (κ1) is 48.5. The van der Waals surface area contributed by atoms with Crippen molar-refractivity contribution in [2.75, 3.05) is 26.0 Å². The maximum absolute atomic E-state index is 14.3. The number of urea groups is 1. The third kappa shape index (κ3) is 9.25. The molecule has 11 nitrogen and oxygen atoms in total. The lowest BCUT2D eigenvalue weighted by molar-refractivity contribution is -0.182. The van der Waals surface area contributed by atoms with Crippen LogP contribution in [-0.2, 0) is 20.2 Å². The summed E-state index contributed by atoms with van der Waals surface area (Å²) in [7, 11) is -2.89. The Morgan fingerprint density at radius 1 is 0.790 bits per heavy atom. The molecule has 6 atom stereocenters. The average molecular weight is 883 g/mol. The van der Waals surface area contributed by atoms with Crippen molar-refractivity contribution in [3.8, 4) is 0 Å². The standard InChI is InChI=1S/C49H70N4O7Si2/c1-35-24-23-27-38(32-35)50-41-42(51-44(55)58-33-37-25-17-14-18-26-37)49(52-43(54)53(10)11,36(2)60-61(12,13)45(3,4)5)47(9,56)48(41,57)34-59-62(46(6,7)8,39-28-19-15-20-29-39)40-30-21-16-22-31-40/h14-32,36,41-42,50,56-57H,33-34H2,1-13H3,(H,51,55)(H,52,54)/t36-,41-,42-,47-,48+,49-/m0/s1. The number of benzene rings is 4. The zero-order valence-electron chi connectivity index (χ0n) is 39.0. The highest BCUT2D eigenvalue weighted by Gasteiger charge is 2.78. The van der Waals surface area contributed by atoms with Crippen molar-refractivity contribution in [3.63, 3.8) is 0 Å². The Bertz CT molecular complexity index is 2090. The monoisotopic (exact) mass is 882 g/mol. The van der Waals surface area contributed by atoms with Gasteiger partial charge in [0.15, 0.2) is 8.32 Å². The predicted octanol–water partition coefficient (Wildman–Crippen LogP) is 7.56. The molecule has 336 valence electrons. The molecule has 13 heteroatoms. The van der Waals surface area contributed by atoms with E-state index in [-0.39, 0.29) is 11.6 Å². The summed E-state index contributed by atoms with van der Waals surface area (Å²) in [5, 5.41) is 38.8. The first-order valence-electron chi connectivity index (χ1n) is 21.5. The number of hydrogen-bond donors (Lipinski definition) is 5. The van der Waals surface area contributed by atoms with Gasteiger partial charge >= 0.3 is 12.1 Å². The number of carbonyl (C=O) groups excluding carboxylic acids is 2. The smallest absolute Gasteiger partial charge is 0.407 e. The van der Waals surface area contributed by atoms with E-state index in [1.807, 2.05) is 97.9 Å². The molecule has 1 aliphatic carbocycles. The van der Waals surface area contributed by atoms with Crippen molar-refractivity contribution in [3.05, 3.63) is 126 Å². The van der Waals surface area contributed by atoms with Gasteiger partial charge in [0.2, 0.25) is 0 Å². The van der Waals surface area contributed by atoms with Crippen LogP contribution in [0.1, 0.15) is 66.5 Å². The molecule has 62 heavy (non-hydrogen) atoms. The van der Waals surface area contributed by atoms with Crippen molar-refractivity contribution < 1.29 is 33.4 Å². The molecule has 1 fully saturated rings. The Labute approximate surface area is 371 Å². The van der Waals surface area contributed by atoms with Gasteiger partial charge in [-0.25, -0.2) is 9.59 Å². The predicted molar refractivity (Wildman–Crippen MR) is 254 cm³/mol. The van der Waals surface area contributed by atoms with Crippen molar-refractivity contribution in [2.24, 2.45) is 0 Å². The van der Waals surface area contributed by atoms with E-state index >= 15 is 0 Å². The van der Waals surface area contributed by atoms with E-state index in [9.17, 15) is 19.8 Å². The first-order valence-corrected chi connectivity index (χ1v) is 26.3. The number of carbonyl (C=O) groups is 2. The molecular formula is C49H70N4O7Si2. The zero-order chi connectivity index (χ0) is 45.9. The highest BCUT2D eigenvalue weighted by molar-refractivity contribution is 6.99. The van der Waals surface area contributed by atoms with Gasteiger partial charge in [0, 0.05) is 19.8 Å². The summed E-state index contributed by atoms with van der Waals surface area (Å²) in [6.07, 6.45) is -1.82. The van der Waals surface area contributed by atoms with Crippen LogP contribution in [-0.4, -0.2) is 99.5 Å². The molecule has 5 N–H and O–H groups in total. The topological polar surface area (TPSA) is 142 Å². The second-order valence-electron chi connectivity index (χ2n) is 19.8. The molecule has 0 radical (unpaired) electrons. The quantitative estimate of drug-likeness (QED) is 0.0818. The second-order valence-corrected chi connectivity index (χ2v) is 28.9. The molecule has 0 spiro atoms. The van der Waals surface area contributed by atoms with Gasteiger partial charge in [0.05, 0.1) is 24.8 Å². The van der Waals surface area contributed by atoms with Gasteiger partial charge in [-0.05, 0) is 77.6 Å². The van der Waals surface area contributed by atoms with Gasteiger partial charge in [-0.15, -0.1) is 0 Å². The van der Waals surface area contributed by atoms with Gasteiger partial charge in [0.1, 0.15) is 23.3 Å². The fourth-order valence-electron chi connectivity index (χ4n) is 8.87. The Morgan fingerprint density at radius 3 is 1.81 bits per heavy atom. The van der Waals surface area contributed by atoms with Gasteiger partial charge < -0.3 is 44.7 Å². The van der Waals surface area contributed by atoms with Gasteiger partial charge in [-0.1, -0.05) is 145 Å². The Kier molecular flexibility index (Phi) is 14.3. The molecule has 0 aliphatic heterocycles. The van der Waals surface area contributed by atoms with E-state index in [1.165, 1.54) is 11.8 Å². The molecule has 1 saturated carbocycles. The minimum atomic E-state index is -3.38. The number of aryl methyl sites for hydroxylation is 1. The Balaban J connectivity index is 1.81. The Morgan fingerprint density at radius 2 is 1.32 bits per heavy atom. The third-order valence-corrected chi connectivity index (χ3v) is 22.9. The fourth-order valence-corrected chi connectivity index (χ4v) is 14.9. The molecule has 0 saturated heterocycles. The number of anilines is 1. The number of amides is 3. The van der Waals surface area contributed by atoms with Crippen molar-refractivity contribution >= 4 is 44.8 Å². The summed E-state index contributed by atoms with van der Waals surface area (Å²) < 4.78 is 20.6. The molecule has 3 amide bonds. The highest BCUT2D eigenvalue weighted by atomic mass is 28.4. The molecule has 0 aromatic heterocycles. The van der Waals surface area contributed by atoms with Crippen LogP contribution in [0.15, 0.2) is 115 Å². The van der Waals surface area contributed by atoms with Crippen LogP contribution in [0.25, 0.3) is 0 Å². The van der Waals surface area contributed by atoms with Crippen LogP contribution in [0.5, 0.6) is 0 Å². The zero-order valence-corrected chi connectivity index (χ0v) is 41.0. The SMILES string of the molecule is Cc1cccc(N[C@H]2[C@H](NC(=O)OCc3ccccc3)[C@@](NC(=O)N(C)C)([C@H](C)O[Si](C)(C)C(C)(C)C)[C@@](C)(O)[C@@]2(O)CO[Si](c2ccccc2)(c2ccccc2)C(C)(C)C)c1. The summed E-state index contributed by atoms with van der Waals surface area (Å²) >= 11 is 0. The van der Waals surface area contributed by atoms with Crippen molar-refractivity contribution in [2.45, 2.75) is 127 Å². The summed E-state index contributed by atoms with van der Waals surface area (Å²) in [5.41, 5.74) is -4.15. The van der Waals surface area contributed by atoms with E-state index in [4.69, 9.17) is 13.6 Å². The lowest BCUT2D eigenvalue weighted by Gasteiger charge is -2.53. The summed E-state index contributed by atoms with van der Waals surface area (Å²) in [6.45, 7) is 21.7. The van der Waals surface area contributed by atoms with Gasteiger partial charge in [-0.3, -0.25) is 0 Å². The molecule has 0 bridgehead atoms. The van der Waals surface area contributed by atoms with E-state index in [0.29, 0.717) is 5.69 Å². The average Bonchev–Trinajstić information content (AvgIpc) is 3.32. The number of nitrogens with zero attached hydrogens (tertiary/aromatic N) is 1. The summed E-state index contributed by atoms with van der Waals surface area (Å²) in [6, 6.07) is 34.0. The normalized spacial score (nSPS) is 23.6. The maximum Gasteiger partial charge on any atom is 0.407 e. The summed E-state index contributed by atoms with van der Waals surface area (Å²) in [5.74, 6) is 0. The van der Waals surface area contributed by atoms with Crippen molar-refractivity contribution in [1.29, 1.82) is 0 Å². The minimum absolute atomic E-state index is 0.0416. The van der Waals surface area contributed by atoms with Crippen LogP contribution >= 0.6 is 0 Å². The number of rotatable bonds is 14. The number of aliphatic hydroxyl groups is 2. The lowest BCUT2D eigenvalue weighted by Crippen LogP contribution is -2.78. The second kappa shape index (κ2) is 18.3. The molecule has 1 aliphatic rings. The summed E-state index contributed by atoms with van der Waals surface area (Å²) in [4.78, 5) is 30.0. The lowest BCUT2D eigenvalue weighted by atomic mass is 9.73. The highest BCUT2D eigenvalue weighted by Crippen LogP contribution is 2.53. The van der Waals surface area contributed by atoms with Crippen molar-refractivity contribution in [1.82, 2.24) is 15.5 Å². The van der Waals surface area contributed by atoms with Gasteiger partial charge in [0.25, 0.3) is 8.32 Å². The van der Waals surface area contributed by atoms with Gasteiger partial charge in [-0.2, -0.15) is 0 Å². The van der Waals surface area contributed by atoms with E-state index in [1.54, 1.807) is 21.0 Å². The molecule has 4 aromatic rings. The number of hydrogen-bond acceptors (Lipinski definition) is 8. The largest absolute Gasteiger partial charge is 0.445 e. The first-order chi connectivity index (χ1) is 28.8. The molecule has 0 heterocycles. The minimum Gasteiger partial charge on any atom is -0.445 e. The maximum atomic E-state index is 14.3. The van der Waals surface area contributed by atoms with Crippen LogP contribution in [0.2, 0.25) is 23.2 Å². The van der Waals surface area contributed by atoms with E-state index in [0.717, 1.165) is 21.5 Å². The molecular weight excluding hydrogens is 813 g/mol. The number of alkyl carbamates (subject to hydrolysis) is 1. The molecule has 0 unspecified atom stereocenters. The Hall–Kier alpha value is -4.51. The van der Waals surface area contributed by atoms with E-state index < -0.39 is 75.3 Å². The van der Waals surface area contributed by atoms with E-state index in [2.05, 4.69) is 94.9 Å². The van der Waals surface area contributed by atoms with Crippen LogP contribution in [0, 0.1) is 6.92 Å². The molecule has 4 aromatic carbocycles. The van der Waals surface area contributed by atoms with Crippen LogP contribution < -0.4 is 26.3 Å².